The van der Waals surface area contributed by atoms with Gasteiger partial charge in [0.05, 0.1) is 25.1 Å². The summed E-state index contributed by atoms with van der Waals surface area (Å²) in [6.07, 6.45) is 6.23. The molecule has 0 aromatic heterocycles. The molecule has 1 saturated carbocycles. The van der Waals surface area contributed by atoms with Gasteiger partial charge < -0.3 is 5.32 Å². The molecule has 0 amide bonds. The van der Waals surface area contributed by atoms with E-state index in [0.29, 0.717) is 6.42 Å². The summed E-state index contributed by atoms with van der Waals surface area (Å²) in [7, 11) is 0. The van der Waals surface area contributed by atoms with E-state index in [1.807, 2.05) is 0 Å². The number of nitriles is 1. The average molecular weight is 139 g/mol. The second-order valence-corrected chi connectivity index (χ2v) is 2.98. The minimum atomic E-state index is 0.705. The van der Waals surface area contributed by atoms with Gasteiger partial charge in [-0.15, -0.1) is 0 Å². The predicted molar refractivity (Wildman–Crippen MR) is 39.3 cm³/mol. The van der Waals surface area contributed by atoms with E-state index >= 15 is 0 Å². The highest BCUT2D eigenvalue weighted by atomic mass is 14.9. The molecule has 10 heavy (non-hydrogen) atoms. The molecular weight excluding hydrogens is 124 g/mol. The molecule has 0 aliphatic heterocycles. The molecule has 1 aliphatic carbocycles. The lowest BCUT2D eigenvalue weighted by atomic mass is 10.2. The number of nitrogens with zero attached hydrogens (tertiary/aromatic N) is 1. The molecule has 0 heterocycles. The number of nitrogens with two attached hydrogens (primary N) is 1. The van der Waals surface area contributed by atoms with Crippen LogP contribution in [0.1, 0.15) is 32.1 Å². The first-order valence-corrected chi connectivity index (χ1v) is 4.14. The third-order valence-electron chi connectivity index (χ3n) is 2.16. The maximum Gasteiger partial charge on any atom is 0.0889 e. The van der Waals surface area contributed by atoms with Gasteiger partial charge in [0.15, 0.2) is 0 Å². The van der Waals surface area contributed by atoms with Crippen LogP contribution in [0.4, 0.5) is 0 Å². The summed E-state index contributed by atoms with van der Waals surface area (Å²) < 4.78 is 0. The first-order chi connectivity index (χ1) is 4.93. The van der Waals surface area contributed by atoms with Crippen LogP contribution in [0.25, 0.3) is 0 Å². The molecule has 0 saturated heterocycles. The molecule has 2 nitrogen and oxygen atoms in total. The lowest BCUT2D eigenvalue weighted by molar-refractivity contribution is -0.687. The van der Waals surface area contributed by atoms with Gasteiger partial charge in [-0.25, -0.2) is 0 Å². The monoisotopic (exact) mass is 139 g/mol. The number of rotatable bonds is 3. The van der Waals surface area contributed by atoms with Gasteiger partial charge >= 0.3 is 0 Å². The fourth-order valence-electron chi connectivity index (χ4n) is 1.58. The van der Waals surface area contributed by atoms with Crippen molar-refractivity contribution in [3.05, 3.63) is 0 Å². The zero-order valence-corrected chi connectivity index (χ0v) is 6.34. The molecule has 0 bridgehead atoms. The van der Waals surface area contributed by atoms with E-state index in [4.69, 9.17) is 5.26 Å². The zero-order valence-electron chi connectivity index (χ0n) is 6.34. The smallest absolute Gasteiger partial charge is 0.0889 e. The van der Waals surface area contributed by atoms with E-state index < -0.39 is 0 Å². The Morgan fingerprint density at radius 3 is 2.70 bits per heavy atom. The van der Waals surface area contributed by atoms with Crippen LogP contribution < -0.4 is 5.32 Å². The first kappa shape index (κ1) is 7.56. The number of quaternary nitrogens is 1. The van der Waals surface area contributed by atoms with Gasteiger partial charge in [0.25, 0.3) is 0 Å². The third-order valence-corrected chi connectivity index (χ3v) is 2.16. The van der Waals surface area contributed by atoms with Gasteiger partial charge in [-0.3, -0.25) is 0 Å². The maximum absolute atomic E-state index is 8.27. The Hall–Kier alpha value is -0.550. The molecule has 2 N–H and O–H groups in total. The van der Waals surface area contributed by atoms with Crippen molar-refractivity contribution in [2.45, 2.75) is 38.1 Å². The second kappa shape index (κ2) is 4.29. The van der Waals surface area contributed by atoms with Crippen LogP contribution >= 0.6 is 0 Å². The fraction of sp³-hybridized carbons (Fsp3) is 0.875. The van der Waals surface area contributed by atoms with Crippen molar-refractivity contribution in [1.82, 2.24) is 0 Å². The number of hydrogen-bond donors (Lipinski definition) is 1. The van der Waals surface area contributed by atoms with Crippen molar-refractivity contribution in [3.8, 4) is 6.07 Å². The Bertz CT molecular complexity index is 120. The highest BCUT2D eigenvalue weighted by Crippen LogP contribution is 2.14. The normalized spacial score (nSPS) is 19.1. The highest BCUT2D eigenvalue weighted by Gasteiger charge is 2.16. The summed E-state index contributed by atoms with van der Waals surface area (Å²) in [5, 5.41) is 10.6. The predicted octanol–water partition coefficient (Wildman–Crippen LogP) is 0.406. The van der Waals surface area contributed by atoms with Crippen LogP contribution in [0.5, 0.6) is 0 Å². The van der Waals surface area contributed by atoms with Crippen molar-refractivity contribution < 1.29 is 5.32 Å². The Balaban J connectivity index is 1.97. The molecule has 0 aromatic carbocycles. The van der Waals surface area contributed by atoms with E-state index in [-0.39, 0.29) is 0 Å². The SMILES string of the molecule is N#CCC[NH2+]C1CCCC1. The lowest BCUT2D eigenvalue weighted by Crippen LogP contribution is -2.89. The quantitative estimate of drug-likeness (QED) is 0.565. The molecule has 1 fully saturated rings. The second-order valence-electron chi connectivity index (χ2n) is 2.98. The van der Waals surface area contributed by atoms with Gasteiger partial charge in [0, 0.05) is 0 Å². The van der Waals surface area contributed by atoms with Crippen molar-refractivity contribution in [2.75, 3.05) is 6.54 Å². The van der Waals surface area contributed by atoms with Crippen molar-refractivity contribution in [2.24, 2.45) is 0 Å². The summed E-state index contributed by atoms with van der Waals surface area (Å²) in [4.78, 5) is 0. The Morgan fingerprint density at radius 1 is 1.40 bits per heavy atom. The fourth-order valence-corrected chi connectivity index (χ4v) is 1.58. The molecule has 56 valence electrons. The van der Waals surface area contributed by atoms with E-state index in [1.54, 1.807) is 0 Å². The summed E-state index contributed by atoms with van der Waals surface area (Å²) in [6.45, 7) is 1.00. The summed E-state index contributed by atoms with van der Waals surface area (Å²) >= 11 is 0. The van der Waals surface area contributed by atoms with Gasteiger partial charge in [0.2, 0.25) is 0 Å². The minimum Gasteiger partial charge on any atom is -0.343 e. The average Bonchev–Trinajstić information content (AvgIpc) is 2.41. The van der Waals surface area contributed by atoms with Crippen molar-refractivity contribution in [1.29, 1.82) is 5.26 Å². The Kier molecular flexibility index (Phi) is 3.25. The molecule has 0 aromatic rings. The summed E-state index contributed by atoms with van der Waals surface area (Å²) in [6, 6.07) is 3.00. The van der Waals surface area contributed by atoms with E-state index in [1.165, 1.54) is 25.7 Å². The molecule has 1 aliphatic rings. The van der Waals surface area contributed by atoms with Gasteiger partial charge in [-0.2, -0.15) is 5.26 Å². The lowest BCUT2D eigenvalue weighted by Gasteiger charge is -2.04. The first-order valence-electron chi connectivity index (χ1n) is 4.14. The third kappa shape index (κ3) is 2.36. The van der Waals surface area contributed by atoms with Crippen LogP contribution in [-0.4, -0.2) is 12.6 Å². The highest BCUT2D eigenvalue weighted by molar-refractivity contribution is 4.68. The zero-order chi connectivity index (χ0) is 7.23. The van der Waals surface area contributed by atoms with Gasteiger partial charge in [0.1, 0.15) is 0 Å². The Labute approximate surface area is 62.2 Å². The van der Waals surface area contributed by atoms with Gasteiger partial charge in [-0.1, -0.05) is 0 Å². The van der Waals surface area contributed by atoms with Crippen LogP contribution in [0, 0.1) is 11.3 Å². The van der Waals surface area contributed by atoms with Crippen molar-refractivity contribution in [3.63, 3.8) is 0 Å². The van der Waals surface area contributed by atoms with Crippen LogP contribution in [-0.2, 0) is 0 Å². The van der Waals surface area contributed by atoms with Crippen molar-refractivity contribution >= 4 is 0 Å². The standard InChI is InChI=1S/C8H14N2/c9-6-3-7-10-8-4-1-2-5-8/h8,10H,1-5,7H2/p+1. The molecule has 2 heteroatoms. The van der Waals surface area contributed by atoms with Crippen LogP contribution in [0.3, 0.4) is 0 Å². The van der Waals surface area contributed by atoms with E-state index in [9.17, 15) is 0 Å². The Morgan fingerprint density at radius 2 is 2.10 bits per heavy atom. The maximum atomic E-state index is 8.27. The van der Waals surface area contributed by atoms with Crippen LogP contribution in [0.2, 0.25) is 0 Å². The van der Waals surface area contributed by atoms with E-state index in [2.05, 4.69) is 11.4 Å². The molecule has 0 atom stereocenters. The minimum absolute atomic E-state index is 0.705. The molecular formula is C8H15N2+. The molecule has 0 radical (unpaired) electrons. The van der Waals surface area contributed by atoms with E-state index in [0.717, 1.165) is 12.6 Å². The summed E-state index contributed by atoms with van der Waals surface area (Å²) in [5.74, 6) is 0. The largest absolute Gasteiger partial charge is 0.343 e. The molecule has 1 rings (SSSR count). The topological polar surface area (TPSA) is 40.4 Å². The summed E-state index contributed by atoms with van der Waals surface area (Å²) in [5.41, 5.74) is 0. The number of hydrogen-bond acceptors (Lipinski definition) is 1. The molecule has 0 spiro atoms. The van der Waals surface area contributed by atoms with Gasteiger partial charge in [-0.05, 0) is 25.7 Å². The van der Waals surface area contributed by atoms with Crippen LogP contribution in [0.15, 0.2) is 0 Å². The molecule has 0 unspecified atom stereocenters.